The summed E-state index contributed by atoms with van der Waals surface area (Å²) in [5.41, 5.74) is 4.23. The predicted octanol–water partition coefficient (Wildman–Crippen LogP) is 3.53. The molecule has 0 aliphatic rings. The van der Waals surface area contributed by atoms with Gasteiger partial charge in [-0.05, 0) is 41.6 Å². The van der Waals surface area contributed by atoms with E-state index in [1.54, 1.807) is 42.1 Å². The molecule has 0 N–H and O–H groups in total. The van der Waals surface area contributed by atoms with Gasteiger partial charge in [-0.15, -0.1) is 11.3 Å². The van der Waals surface area contributed by atoms with Gasteiger partial charge in [0.15, 0.2) is 5.65 Å². The number of carbonyl (C=O) groups excluding carboxylic acids is 1. The van der Waals surface area contributed by atoms with Crippen molar-refractivity contribution in [2.75, 3.05) is 20.3 Å². The van der Waals surface area contributed by atoms with Crippen molar-refractivity contribution >= 4 is 28.4 Å². The molecule has 7 nitrogen and oxygen atoms in total. The van der Waals surface area contributed by atoms with Crippen molar-refractivity contribution in [2.45, 2.75) is 20.0 Å². The van der Waals surface area contributed by atoms with E-state index in [1.165, 1.54) is 10.4 Å². The third-order valence-electron chi connectivity index (χ3n) is 4.93. The lowest BCUT2D eigenvalue weighted by Crippen LogP contribution is -2.33. The largest absolute Gasteiger partial charge is 0.383 e. The Morgan fingerprint density at radius 1 is 1.27 bits per heavy atom. The SMILES string of the molecule is COCCN(Cc1sccc1C)C(=O)c1cnc2c(c1)ncn2Cc1cccnc1. The van der Waals surface area contributed by atoms with E-state index in [-0.39, 0.29) is 5.91 Å². The van der Waals surface area contributed by atoms with Crippen LogP contribution in [0.1, 0.15) is 26.4 Å². The molecule has 4 aromatic rings. The number of fused-ring (bicyclic) bond motifs is 1. The summed E-state index contributed by atoms with van der Waals surface area (Å²) in [5.74, 6) is -0.0731. The van der Waals surface area contributed by atoms with Crippen LogP contribution in [-0.4, -0.2) is 50.6 Å². The van der Waals surface area contributed by atoms with Crippen LogP contribution in [0.4, 0.5) is 0 Å². The molecule has 4 aromatic heterocycles. The minimum Gasteiger partial charge on any atom is -0.383 e. The van der Waals surface area contributed by atoms with Gasteiger partial charge < -0.3 is 14.2 Å². The van der Waals surface area contributed by atoms with Gasteiger partial charge in [-0.1, -0.05) is 6.07 Å². The summed E-state index contributed by atoms with van der Waals surface area (Å²) < 4.78 is 7.17. The average molecular weight is 422 g/mol. The molecule has 0 aliphatic heterocycles. The topological polar surface area (TPSA) is 73.1 Å². The summed E-state index contributed by atoms with van der Waals surface area (Å²) in [4.78, 5) is 29.3. The molecule has 4 rings (SSSR count). The first-order valence-electron chi connectivity index (χ1n) is 9.66. The fourth-order valence-corrected chi connectivity index (χ4v) is 4.17. The quantitative estimate of drug-likeness (QED) is 0.435. The molecule has 0 aromatic carbocycles. The molecule has 154 valence electrons. The van der Waals surface area contributed by atoms with Crippen LogP contribution >= 0.6 is 11.3 Å². The summed E-state index contributed by atoms with van der Waals surface area (Å²) in [6.45, 7) is 4.24. The highest BCUT2D eigenvalue weighted by Crippen LogP contribution is 2.20. The van der Waals surface area contributed by atoms with Crippen molar-refractivity contribution in [1.29, 1.82) is 0 Å². The summed E-state index contributed by atoms with van der Waals surface area (Å²) in [6, 6.07) is 7.80. The Morgan fingerprint density at radius 3 is 2.90 bits per heavy atom. The number of hydrogen-bond donors (Lipinski definition) is 0. The molecular formula is C22H23N5O2S. The van der Waals surface area contributed by atoms with E-state index in [1.807, 2.05) is 34.3 Å². The molecule has 0 fully saturated rings. The van der Waals surface area contributed by atoms with E-state index >= 15 is 0 Å². The Hall–Kier alpha value is -3.10. The van der Waals surface area contributed by atoms with Gasteiger partial charge in [0, 0.05) is 37.1 Å². The number of amides is 1. The van der Waals surface area contributed by atoms with Crippen LogP contribution in [0.3, 0.4) is 0 Å². The number of hydrogen-bond acceptors (Lipinski definition) is 6. The van der Waals surface area contributed by atoms with Gasteiger partial charge in [0.2, 0.25) is 0 Å². The third-order valence-corrected chi connectivity index (χ3v) is 5.94. The lowest BCUT2D eigenvalue weighted by Gasteiger charge is -2.22. The number of ether oxygens (including phenoxy) is 1. The van der Waals surface area contributed by atoms with Crippen molar-refractivity contribution in [2.24, 2.45) is 0 Å². The first kappa shape index (κ1) is 20.2. The molecule has 0 saturated carbocycles. The van der Waals surface area contributed by atoms with Crippen LogP contribution < -0.4 is 0 Å². The second-order valence-electron chi connectivity index (χ2n) is 7.05. The van der Waals surface area contributed by atoms with Crippen LogP contribution in [0.25, 0.3) is 11.2 Å². The Labute approximate surface area is 179 Å². The molecule has 0 spiro atoms. The van der Waals surface area contributed by atoms with Crippen LogP contribution in [0.5, 0.6) is 0 Å². The molecule has 30 heavy (non-hydrogen) atoms. The molecule has 0 bridgehead atoms. The second kappa shape index (κ2) is 9.15. The highest BCUT2D eigenvalue weighted by atomic mass is 32.1. The fraction of sp³-hybridized carbons (Fsp3) is 0.273. The molecule has 4 heterocycles. The molecular weight excluding hydrogens is 398 g/mol. The average Bonchev–Trinajstić information content (AvgIpc) is 3.36. The van der Waals surface area contributed by atoms with Gasteiger partial charge in [-0.2, -0.15) is 0 Å². The summed E-state index contributed by atoms with van der Waals surface area (Å²) in [6.07, 6.45) is 6.95. The maximum Gasteiger partial charge on any atom is 0.255 e. The van der Waals surface area contributed by atoms with Crippen LogP contribution in [-0.2, 0) is 17.8 Å². The Bertz CT molecular complexity index is 1140. The standard InChI is InChI=1S/C22H23N5O2S/c1-16-5-9-30-20(16)14-26(7-8-29-2)22(28)18-10-19-21(24-12-18)27(15-25-19)13-17-4-3-6-23-11-17/h3-6,9-12,15H,7-8,13-14H2,1-2H3. The summed E-state index contributed by atoms with van der Waals surface area (Å²) in [5, 5.41) is 2.05. The molecule has 1 amide bonds. The van der Waals surface area contributed by atoms with Gasteiger partial charge in [0.1, 0.15) is 5.52 Å². The predicted molar refractivity (Wildman–Crippen MR) is 117 cm³/mol. The van der Waals surface area contributed by atoms with Crippen LogP contribution in [0.2, 0.25) is 0 Å². The van der Waals surface area contributed by atoms with Gasteiger partial charge in [-0.25, -0.2) is 9.97 Å². The minimum atomic E-state index is -0.0731. The Kier molecular flexibility index (Phi) is 6.15. The lowest BCUT2D eigenvalue weighted by atomic mass is 10.2. The van der Waals surface area contributed by atoms with E-state index in [2.05, 4.69) is 27.9 Å². The normalized spacial score (nSPS) is 11.1. The van der Waals surface area contributed by atoms with E-state index < -0.39 is 0 Å². The van der Waals surface area contributed by atoms with Gasteiger partial charge in [0.05, 0.1) is 31.6 Å². The number of rotatable bonds is 8. The second-order valence-corrected chi connectivity index (χ2v) is 8.05. The first-order chi connectivity index (χ1) is 14.7. The van der Waals surface area contributed by atoms with Crippen molar-refractivity contribution in [3.63, 3.8) is 0 Å². The number of nitrogens with zero attached hydrogens (tertiary/aromatic N) is 5. The van der Waals surface area contributed by atoms with Crippen LogP contribution in [0, 0.1) is 6.92 Å². The van der Waals surface area contributed by atoms with Crippen molar-refractivity contribution in [1.82, 2.24) is 24.4 Å². The summed E-state index contributed by atoms with van der Waals surface area (Å²) in [7, 11) is 1.64. The number of aromatic nitrogens is 4. The van der Waals surface area contributed by atoms with E-state index in [4.69, 9.17) is 4.74 Å². The fourth-order valence-electron chi connectivity index (χ4n) is 3.25. The zero-order valence-electron chi connectivity index (χ0n) is 17.0. The number of thiophene rings is 1. The first-order valence-corrected chi connectivity index (χ1v) is 10.5. The molecule has 0 atom stereocenters. The Morgan fingerprint density at radius 2 is 2.17 bits per heavy atom. The van der Waals surface area contributed by atoms with E-state index in [0.717, 1.165) is 11.2 Å². The van der Waals surface area contributed by atoms with E-state index in [0.29, 0.717) is 37.3 Å². The highest BCUT2D eigenvalue weighted by Gasteiger charge is 2.19. The zero-order chi connectivity index (χ0) is 20.9. The maximum atomic E-state index is 13.2. The highest BCUT2D eigenvalue weighted by molar-refractivity contribution is 7.10. The maximum absolute atomic E-state index is 13.2. The number of imidazole rings is 1. The number of carbonyl (C=O) groups is 1. The van der Waals surface area contributed by atoms with Gasteiger partial charge in [0.25, 0.3) is 5.91 Å². The molecule has 0 radical (unpaired) electrons. The molecule has 0 saturated heterocycles. The molecule has 8 heteroatoms. The van der Waals surface area contributed by atoms with E-state index in [9.17, 15) is 4.79 Å². The monoisotopic (exact) mass is 421 g/mol. The number of pyridine rings is 2. The zero-order valence-corrected chi connectivity index (χ0v) is 17.8. The third kappa shape index (κ3) is 4.39. The van der Waals surface area contributed by atoms with Crippen molar-refractivity contribution < 1.29 is 9.53 Å². The van der Waals surface area contributed by atoms with Gasteiger partial charge >= 0.3 is 0 Å². The Balaban J connectivity index is 1.57. The minimum absolute atomic E-state index is 0.0731. The van der Waals surface area contributed by atoms with Gasteiger partial charge in [-0.3, -0.25) is 9.78 Å². The molecule has 0 unspecified atom stereocenters. The smallest absolute Gasteiger partial charge is 0.255 e. The number of methoxy groups -OCH3 is 1. The molecule has 0 aliphatic carbocycles. The van der Waals surface area contributed by atoms with Crippen LogP contribution in [0.15, 0.2) is 54.6 Å². The lowest BCUT2D eigenvalue weighted by molar-refractivity contribution is 0.0682. The number of aryl methyl sites for hydroxylation is 1. The summed E-state index contributed by atoms with van der Waals surface area (Å²) >= 11 is 1.66. The van der Waals surface area contributed by atoms with Crippen molar-refractivity contribution in [3.8, 4) is 0 Å². The van der Waals surface area contributed by atoms with Crippen molar-refractivity contribution in [3.05, 3.63) is 76.1 Å².